The predicted octanol–water partition coefficient (Wildman–Crippen LogP) is 0.921. The first-order valence-corrected chi connectivity index (χ1v) is 5.89. The zero-order valence-corrected chi connectivity index (χ0v) is 9.31. The van der Waals surface area contributed by atoms with Crippen molar-refractivity contribution in [2.24, 2.45) is 22.7 Å². The van der Waals surface area contributed by atoms with Crippen molar-refractivity contribution in [1.82, 2.24) is 0 Å². The van der Waals surface area contributed by atoms with E-state index in [4.69, 9.17) is 0 Å². The molecule has 4 saturated carbocycles. The highest BCUT2D eigenvalue weighted by Gasteiger charge is 2.66. The number of carbonyl (C=O) groups is 3. The summed E-state index contributed by atoms with van der Waals surface area (Å²) in [6, 6.07) is 0. The van der Waals surface area contributed by atoms with Gasteiger partial charge in [0.15, 0.2) is 0 Å². The molecule has 0 unspecified atom stereocenters. The van der Waals surface area contributed by atoms with E-state index >= 15 is 0 Å². The molecule has 0 aromatic carbocycles. The first-order chi connectivity index (χ1) is 7.89. The highest BCUT2D eigenvalue weighted by atomic mass is 16.4. The van der Waals surface area contributed by atoms with Crippen LogP contribution in [-0.4, -0.2) is 27.9 Å². The van der Waals surface area contributed by atoms with Crippen LogP contribution < -0.4 is 0 Å². The molecule has 4 rings (SSSR count). The summed E-state index contributed by atoms with van der Waals surface area (Å²) in [6.45, 7) is 0. The third-order valence-corrected chi connectivity index (χ3v) is 4.94. The van der Waals surface area contributed by atoms with Gasteiger partial charge in [0.2, 0.25) is 0 Å². The molecule has 0 radical (unpaired) electrons. The minimum atomic E-state index is -0.960. The van der Waals surface area contributed by atoms with Gasteiger partial charge < -0.3 is 10.2 Å². The third kappa shape index (κ3) is 1.17. The molecule has 0 saturated heterocycles. The Balaban J connectivity index is 2.08. The fourth-order valence-corrected chi connectivity index (χ4v) is 4.37. The van der Waals surface area contributed by atoms with E-state index < -0.39 is 22.8 Å². The monoisotopic (exact) mass is 238 g/mol. The lowest BCUT2D eigenvalue weighted by molar-refractivity contribution is -0.188. The van der Waals surface area contributed by atoms with Gasteiger partial charge in [-0.3, -0.25) is 14.4 Å². The molecular formula is C12H14O5. The second-order valence-corrected chi connectivity index (χ2v) is 5.96. The summed E-state index contributed by atoms with van der Waals surface area (Å²) in [7, 11) is 0. The van der Waals surface area contributed by atoms with Gasteiger partial charge in [-0.2, -0.15) is 0 Å². The SMILES string of the molecule is O=C1C2CC3(C(=O)O)CC1CC(C(=O)O)(C2)C3. The van der Waals surface area contributed by atoms with Crippen LogP contribution in [-0.2, 0) is 14.4 Å². The molecule has 0 spiro atoms. The van der Waals surface area contributed by atoms with E-state index in [0.717, 1.165) is 0 Å². The number of Topliss-reactive ketones (excluding diaryl/α,β-unsaturated/α-hetero) is 1. The van der Waals surface area contributed by atoms with Crippen LogP contribution in [0.4, 0.5) is 0 Å². The highest BCUT2D eigenvalue weighted by molar-refractivity contribution is 5.92. The fourth-order valence-electron chi connectivity index (χ4n) is 4.37. The summed E-state index contributed by atoms with van der Waals surface area (Å²) in [4.78, 5) is 34.8. The molecule has 0 aliphatic heterocycles. The molecule has 4 fully saturated rings. The lowest BCUT2D eigenvalue weighted by atomic mass is 9.43. The van der Waals surface area contributed by atoms with Gasteiger partial charge in [-0.05, 0) is 32.1 Å². The van der Waals surface area contributed by atoms with Crippen LogP contribution in [0.15, 0.2) is 0 Å². The topological polar surface area (TPSA) is 91.7 Å². The Morgan fingerprint density at radius 3 is 1.59 bits per heavy atom. The van der Waals surface area contributed by atoms with Crippen molar-refractivity contribution in [1.29, 1.82) is 0 Å². The fraction of sp³-hybridized carbons (Fsp3) is 0.750. The summed E-state index contributed by atoms with van der Waals surface area (Å²) < 4.78 is 0. The van der Waals surface area contributed by atoms with Crippen molar-refractivity contribution in [3.63, 3.8) is 0 Å². The molecule has 4 aliphatic carbocycles. The Morgan fingerprint density at radius 1 is 0.941 bits per heavy atom. The van der Waals surface area contributed by atoms with Gasteiger partial charge in [-0.25, -0.2) is 0 Å². The number of aliphatic carboxylic acids is 2. The maximum Gasteiger partial charge on any atom is 0.309 e. The van der Waals surface area contributed by atoms with Crippen LogP contribution >= 0.6 is 0 Å². The number of hydrogen-bond donors (Lipinski definition) is 2. The number of carbonyl (C=O) groups excluding carboxylic acids is 1. The van der Waals surface area contributed by atoms with Gasteiger partial charge in [-0.1, -0.05) is 0 Å². The first-order valence-electron chi connectivity index (χ1n) is 5.89. The highest BCUT2D eigenvalue weighted by Crippen LogP contribution is 2.64. The molecule has 0 aromatic heterocycles. The summed E-state index contributed by atoms with van der Waals surface area (Å²) >= 11 is 0. The molecule has 92 valence electrons. The average Bonchev–Trinajstić information content (AvgIpc) is 2.24. The van der Waals surface area contributed by atoms with Crippen molar-refractivity contribution < 1.29 is 24.6 Å². The lowest BCUT2D eigenvalue weighted by Gasteiger charge is -2.57. The smallest absolute Gasteiger partial charge is 0.309 e. The lowest BCUT2D eigenvalue weighted by Crippen LogP contribution is -2.61. The molecule has 4 aliphatic rings. The number of carboxylic acids is 2. The molecule has 0 amide bonds. The maximum absolute atomic E-state index is 11.9. The Bertz CT molecular complexity index is 388. The summed E-state index contributed by atoms with van der Waals surface area (Å²) in [5, 5.41) is 18.7. The number of carboxylic acid groups (broad SMARTS) is 2. The standard InChI is InChI=1S/C12H14O5/c13-8-6-1-11(9(14)15)3-7(8)4-12(2-6,5-11)10(16)17/h6-7H,1-5H2,(H,14,15)(H,16,17). The molecule has 5 heteroatoms. The van der Waals surface area contributed by atoms with Crippen LogP contribution in [0.5, 0.6) is 0 Å². The van der Waals surface area contributed by atoms with Gasteiger partial charge in [0, 0.05) is 11.8 Å². The van der Waals surface area contributed by atoms with E-state index in [1.165, 1.54) is 0 Å². The molecule has 17 heavy (non-hydrogen) atoms. The van der Waals surface area contributed by atoms with Gasteiger partial charge in [0.1, 0.15) is 5.78 Å². The van der Waals surface area contributed by atoms with Crippen molar-refractivity contribution in [2.75, 3.05) is 0 Å². The maximum atomic E-state index is 11.9. The molecular weight excluding hydrogens is 224 g/mol. The zero-order valence-electron chi connectivity index (χ0n) is 9.31. The van der Waals surface area contributed by atoms with E-state index in [1.807, 2.05) is 0 Å². The van der Waals surface area contributed by atoms with Gasteiger partial charge >= 0.3 is 11.9 Å². The summed E-state index contributed by atoms with van der Waals surface area (Å²) in [6.07, 6.45) is 1.56. The van der Waals surface area contributed by atoms with Gasteiger partial charge in [0.25, 0.3) is 0 Å². The number of rotatable bonds is 2. The second kappa shape index (κ2) is 2.89. The summed E-state index contributed by atoms with van der Waals surface area (Å²) in [5.41, 5.74) is -1.92. The number of ketones is 1. The van der Waals surface area contributed by atoms with Crippen LogP contribution in [0.25, 0.3) is 0 Å². The number of hydrogen-bond acceptors (Lipinski definition) is 3. The normalized spacial score (nSPS) is 47.2. The van der Waals surface area contributed by atoms with Crippen LogP contribution in [0.3, 0.4) is 0 Å². The molecule has 0 heterocycles. The second-order valence-electron chi connectivity index (χ2n) is 5.96. The average molecular weight is 238 g/mol. The third-order valence-electron chi connectivity index (χ3n) is 4.94. The van der Waals surface area contributed by atoms with Crippen molar-refractivity contribution in [2.45, 2.75) is 32.1 Å². The summed E-state index contributed by atoms with van der Waals surface area (Å²) in [5.74, 6) is -2.44. The van der Waals surface area contributed by atoms with Gasteiger partial charge in [-0.15, -0.1) is 0 Å². The van der Waals surface area contributed by atoms with E-state index in [1.54, 1.807) is 0 Å². The Labute approximate surface area is 97.8 Å². The zero-order chi connectivity index (χ0) is 12.4. The Hall–Kier alpha value is -1.39. The molecule has 0 aromatic rings. The largest absolute Gasteiger partial charge is 0.481 e. The van der Waals surface area contributed by atoms with Crippen LogP contribution in [0.1, 0.15) is 32.1 Å². The molecule has 5 nitrogen and oxygen atoms in total. The van der Waals surface area contributed by atoms with Gasteiger partial charge in [0.05, 0.1) is 10.8 Å². The minimum absolute atomic E-state index is 0.0958. The van der Waals surface area contributed by atoms with E-state index in [-0.39, 0.29) is 24.0 Å². The van der Waals surface area contributed by atoms with Crippen LogP contribution in [0.2, 0.25) is 0 Å². The van der Waals surface area contributed by atoms with Crippen molar-refractivity contribution in [3.05, 3.63) is 0 Å². The Kier molecular flexibility index (Phi) is 1.83. The first kappa shape index (κ1) is 10.7. The molecule has 4 bridgehead atoms. The van der Waals surface area contributed by atoms with E-state index in [0.29, 0.717) is 25.7 Å². The van der Waals surface area contributed by atoms with Crippen molar-refractivity contribution >= 4 is 17.7 Å². The van der Waals surface area contributed by atoms with E-state index in [9.17, 15) is 24.6 Å². The molecule has 2 N–H and O–H groups in total. The van der Waals surface area contributed by atoms with Crippen molar-refractivity contribution in [3.8, 4) is 0 Å². The quantitative estimate of drug-likeness (QED) is 0.746. The minimum Gasteiger partial charge on any atom is -0.481 e. The molecule has 0 atom stereocenters. The van der Waals surface area contributed by atoms with Crippen LogP contribution in [0, 0.1) is 22.7 Å². The Morgan fingerprint density at radius 2 is 1.29 bits per heavy atom. The predicted molar refractivity (Wildman–Crippen MR) is 55.2 cm³/mol. The van der Waals surface area contributed by atoms with E-state index in [2.05, 4.69) is 0 Å².